The van der Waals surface area contributed by atoms with Crippen molar-refractivity contribution >= 4 is 11.8 Å². The number of carbonyl (C=O) groups excluding carboxylic acids is 1. The lowest BCUT2D eigenvalue weighted by Gasteiger charge is -2.61. The predicted molar refractivity (Wildman–Crippen MR) is 109 cm³/mol. The van der Waals surface area contributed by atoms with Gasteiger partial charge in [0.1, 0.15) is 5.78 Å². The Labute approximate surface area is 174 Å². The Morgan fingerprint density at radius 1 is 1.14 bits per heavy atom. The van der Waals surface area contributed by atoms with E-state index in [4.69, 9.17) is 5.11 Å². The van der Waals surface area contributed by atoms with Gasteiger partial charge in [0, 0.05) is 18.3 Å². The summed E-state index contributed by atoms with van der Waals surface area (Å²) in [6.07, 6.45) is 5.82. The molecule has 4 aliphatic rings. The number of ketones is 1. The van der Waals surface area contributed by atoms with Crippen molar-refractivity contribution in [2.75, 3.05) is 0 Å². The number of carboxylic acids is 1. The Balaban J connectivity index is 1.62. The lowest BCUT2D eigenvalue weighted by atomic mass is 9.43. The van der Waals surface area contributed by atoms with Crippen LogP contribution in [0.1, 0.15) is 78.6 Å². The molecule has 0 radical (unpaired) electrons. The van der Waals surface area contributed by atoms with E-state index in [0.717, 1.165) is 38.5 Å². The van der Waals surface area contributed by atoms with Crippen molar-refractivity contribution in [1.29, 1.82) is 0 Å². The minimum Gasteiger partial charge on any atom is -0.481 e. The maximum absolute atomic E-state index is 13.6. The largest absolute Gasteiger partial charge is 0.481 e. The average molecular weight is 407 g/mol. The molecule has 0 bridgehead atoms. The molecule has 0 amide bonds. The smallest absolute Gasteiger partial charge is 0.303 e. The Morgan fingerprint density at radius 3 is 2.55 bits per heavy atom. The van der Waals surface area contributed by atoms with Crippen LogP contribution in [0.15, 0.2) is 0 Å². The van der Waals surface area contributed by atoms with Crippen LogP contribution in [0.4, 0.5) is 0 Å². The number of fused-ring (bicyclic) bond motifs is 5. The Hall–Kier alpha value is -0.940. The third-order valence-corrected chi connectivity index (χ3v) is 10.1. The van der Waals surface area contributed by atoms with Gasteiger partial charge < -0.3 is 15.3 Å². The van der Waals surface area contributed by atoms with Gasteiger partial charge >= 0.3 is 5.97 Å². The van der Waals surface area contributed by atoms with E-state index >= 15 is 0 Å². The lowest BCUT2D eigenvalue weighted by molar-refractivity contribution is -0.181. The molecular weight excluding hydrogens is 368 g/mol. The number of hydrogen-bond donors (Lipinski definition) is 3. The first-order valence-electron chi connectivity index (χ1n) is 11.7. The molecule has 0 aromatic rings. The fourth-order valence-electron chi connectivity index (χ4n) is 8.41. The summed E-state index contributed by atoms with van der Waals surface area (Å²) in [5.74, 6) is 0.855. The van der Waals surface area contributed by atoms with Gasteiger partial charge in [-0.2, -0.15) is 0 Å². The normalized spacial score (nSPS) is 50.4. The zero-order valence-electron chi connectivity index (χ0n) is 18.1. The third-order valence-electron chi connectivity index (χ3n) is 10.1. The van der Waals surface area contributed by atoms with Gasteiger partial charge in [-0.25, -0.2) is 0 Å². The Morgan fingerprint density at radius 2 is 1.86 bits per heavy atom. The van der Waals surface area contributed by atoms with Gasteiger partial charge in [-0.1, -0.05) is 20.8 Å². The fraction of sp³-hybridized carbons (Fsp3) is 0.917. The molecular formula is C24H38O5. The molecule has 0 aliphatic heterocycles. The monoisotopic (exact) mass is 406 g/mol. The quantitative estimate of drug-likeness (QED) is 0.662. The molecule has 5 heteroatoms. The summed E-state index contributed by atoms with van der Waals surface area (Å²) < 4.78 is 0. The first-order chi connectivity index (χ1) is 13.6. The highest BCUT2D eigenvalue weighted by Crippen LogP contribution is 2.67. The maximum atomic E-state index is 13.6. The van der Waals surface area contributed by atoms with E-state index in [9.17, 15) is 19.8 Å². The predicted octanol–water partition coefficient (Wildman–Crippen LogP) is 3.66. The summed E-state index contributed by atoms with van der Waals surface area (Å²) in [5, 5.41) is 30.5. The van der Waals surface area contributed by atoms with E-state index in [1.165, 1.54) is 0 Å². The molecule has 0 aromatic carbocycles. The number of rotatable bonds is 4. The average Bonchev–Trinajstić information content (AvgIpc) is 3.01. The minimum atomic E-state index is -0.771. The van der Waals surface area contributed by atoms with Crippen LogP contribution >= 0.6 is 0 Å². The molecule has 0 aromatic heterocycles. The molecule has 164 valence electrons. The van der Waals surface area contributed by atoms with Crippen molar-refractivity contribution in [3.05, 3.63) is 0 Å². The van der Waals surface area contributed by atoms with Gasteiger partial charge in [-0.15, -0.1) is 0 Å². The molecule has 29 heavy (non-hydrogen) atoms. The fourth-order valence-corrected chi connectivity index (χ4v) is 8.41. The van der Waals surface area contributed by atoms with Gasteiger partial charge in [-0.3, -0.25) is 9.59 Å². The molecule has 0 unspecified atom stereocenters. The molecule has 4 rings (SSSR count). The van der Waals surface area contributed by atoms with E-state index in [0.29, 0.717) is 24.5 Å². The van der Waals surface area contributed by atoms with E-state index in [1.807, 2.05) is 0 Å². The van der Waals surface area contributed by atoms with Gasteiger partial charge in [0.05, 0.1) is 12.2 Å². The Kier molecular flexibility index (Phi) is 5.39. The number of aliphatic hydroxyl groups is 2. The number of carboxylic acid groups (broad SMARTS) is 1. The number of aliphatic carboxylic acids is 1. The van der Waals surface area contributed by atoms with Crippen molar-refractivity contribution in [3.63, 3.8) is 0 Å². The maximum Gasteiger partial charge on any atom is 0.303 e. The molecule has 4 aliphatic carbocycles. The summed E-state index contributed by atoms with van der Waals surface area (Å²) in [7, 11) is 0. The zero-order chi connectivity index (χ0) is 21.1. The van der Waals surface area contributed by atoms with Crippen LogP contribution in [0.2, 0.25) is 0 Å². The zero-order valence-corrected chi connectivity index (χ0v) is 18.1. The highest BCUT2D eigenvalue weighted by atomic mass is 16.4. The standard InChI is InChI=1S/C24H38O5/c1-13(4-7-21(28)29)16-5-6-17-22-18(12-20(27)24(16,17)3)23(2)9-8-15(25)10-14(23)11-19(22)26/h13-19,22,25-26H,4-12H2,1-3H3,(H,28,29)/t13-,14+,15-,16-,17+,18+,19+,22+,23-,24-/m0/s1. The van der Waals surface area contributed by atoms with Crippen molar-refractivity contribution in [3.8, 4) is 0 Å². The van der Waals surface area contributed by atoms with Gasteiger partial charge in [0.25, 0.3) is 0 Å². The molecule has 0 spiro atoms. The molecule has 3 N–H and O–H groups in total. The molecule has 4 saturated carbocycles. The first-order valence-corrected chi connectivity index (χ1v) is 11.7. The SMILES string of the molecule is C[C@@H](CCC(=O)O)[C@@H]1CC[C@@H]2[C@H]3[C@H](O)C[C@H]4C[C@@H](O)CC[C@]4(C)[C@@H]3CC(=O)[C@]21C. The van der Waals surface area contributed by atoms with E-state index in [2.05, 4.69) is 20.8 Å². The van der Waals surface area contributed by atoms with Crippen molar-refractivity contribution < 1.29 is 24.9 Å². The second-order valence-electron chi connectivity index (χ2n) is 11.2. The molecule has 5 nitrogen and oxygen atoms in total. The van der Waals surface area contributed by atoms with Gasteiger partial charge in [-0.05, 0) is 85.9 Å². The van der Waals surface area contributed by atoms with Crippen LogP contribution in [0, 0.1) is 46.3 Å². The second kappa shape index (κ2) is 7.33. The van der Waals surface area contributed by atoms with Gasteiger partial charge in [0.2, 0.25) is 0 Å². The van der Waals surface area contributed by atoms with Crippen LogP contribution in [-0.2, 0) is 9.59 Å². The number of aliphatic hydroxyl groups excluding tert-OH is 2. The van der Waals surface area contributed by atoms with Crippen LogP contribution in [-0.4, -0.2) is 39.3 Å². The Bertz CT molecular complexity index is 676. The molecule has 4 fully saturated rings. The third kappa shape index (κ3) is 3.18. The van der Waals surface area contributed by atoms with Crippen molar-refractivity contribution in [1.82, 2.24) is 0 Å². The van der Waals surface area contributed by atoms with Crippen LogP contribution < -0.4 is 0 Å². The topological polar surface area (TPSA) is 94.8 Å². The number of hydrogen-bond acceptors (Lipinski definition) is 4. The summed E-state index contributed by atoms with van der Waals surface area (Å²) in [4.78, 5) is 24.7. The summed E-state index contributed by atoms with van der Waals surface area (Å²) in [6.45, 7) is 6.54. The second-order valence-corrected chi connectivity index (χ2v) is 11.2. The first kappa shape index (κ1) is 21.3. The highest BCUT2D eigenvalue weighted by Gasteiger charge is 2.65. The highest BCUT2D eigenvalue weighted by molar-refractivity contribution is 5.87. The van der Waals surface area contributed by atoms with Crippen molar-refractivity contribution in [2.45, 2.75) is 90.8 Å². The molecule has 0 saturated heterocycles. The van der Waals surface area contributed by atoms with Crippen LogP contribution in [0.25, 0.3) is 0 Å². The van der Waals surface area contributed by atoms with Gasteiger partial charge in [0.15, 0.2) is 0 Å². The van der Waals surface area contributed by atoms with E-state index in [-0.39, 0.29) is 47.5 Å². The lowest BCUT2D eigenvalue weighted by Crippen LogP contribution is -2.61. The van der Waals surface area contributed by atoms with Crippen molar-refractivity contribution in [2.24, 2.45) is 46.3 Å². The number of carbonyl (C=O) groups is 2. The molecule has 0 heterocycles. The molecule has 10 atom stereocenters. The number of Topliss-reactive ketones (excluding diaryl/α,β-unsaturated/α-hetero) is 1. The summed E-state index contributed by atoms with van der Waals surface area (Å²) >= 11 is 0. The van der Waals surface area contributed by atoms with E-state index in [1.54, 1.807) is 0 Å². The summed E-state index contributed by atoms with van der Waals surface area (Å²) in [5.41, 5.74) is -0.398. The minimum absolute atomic E-state index is 0.0348. The van der Waals surface area contributed by atoms with Crippen LogP contribution in [0.5, 0.6) is 0 Å². The summed E-state index contributed by atoms with van der Waals surface area (Å²) in [6, 6.07) is 0. The van der Waals surface area contributed by atoms with E-state index < -0.39 is 17.5 Å². The van der Waals surface area contributed by atoms with Crippen LogP contribution in [0.3, 0.4) is 0 Å².